The monoisotopic (exact) mass is 497 g/mol. The molecule has 186 valence electrons. The number of nitrogens with zero attached hydrogens (tertiary/aromatic N) is 2. The highest BCUT2D eigenvalue weighted by Crippen LogP contribution is 2.26. The van der Waals surface area contributed by atoms with Crippen LogP contribution in [0.25, 0.3) is 6.08 Å². The van der Waals surface area contributed by atoms with Gasteiger partial charge in [-0.15, -0.1) is 0 Å². The molecule has 0 bridgehead atoms. The average molecular weight is 498 g/mol. The summed E-state index contributed by atoms with van der Waals surface area (Å²) in [7, 11) is -3.67. The lowest BCUT2D eigenvalue weighted by molar-refractivity contribution is -0.130. The van der Waals surface area contributed by atoms with Crippen LogP contribution in [-0.2, 0) is 24.3 Å². The summed E-state index contributed by atoms with van der Waals surface area (Å²) in [6.45, 7) is 4.13. The normalized spacial score (nSPS) is 18.0. The van der Waals surface area contributed by atoms with Crippen LogP contribution in [0.2, 0.25) is 0 Å². The molecule has 0 atom stereocenters. The molecule has 0 unspecified atom stereocenters. The summed E-state index contributed by atoms with van der Waals surface area (Å²) in [5, 5.41) is 2.88. The topological polar surface area (TPSA) is 96.0 Å². The maximum atomic E-state index is 13.1. The van der Waals surface area contributed by atoms with Crippen molar-refractivity contribution in [3.8, 4) is 0 Å². The van der Waals surface area contributed by atoms with Gasteiger partial charge in [0.05, 0.1) is 18.1 Å². The van der Waals surface area contributed by atoms with Crippen molar-refractivity contribution in [2.24, 2.45) is 5.92 Å². The fourth-order valence-corrected chi connectivity index (χ4v) is 5.98. The predicted molar refractivity (Wildman–Crippen MR) is 134 cm³/mol. The van der Waals surface area contributed by atoms with Crippen molar-refractivity contribution in [2.75, 3.05) is 44.7 Å². The Balaban J connectivity index is 1.34. The van der Waals surface area contributed by atoms with Gasteiger partial charge in [-0.1, -0.05) is 36.4 Å². The van der Waals surface area contributed by atoms with E-state index in [9.17, 15) is 18.0 Å². The van der Waals surface area contributed by atoms with Crippen LogP contribution in [0.1, 0.15) is 24.0 Å². The first-order chi connectivity index (χ1) is 16.8. The molecule has 2 aromatic carbocycles. The lowest BCUT2D eigenvalue weighted by Crippen LogP contribution is -2.41. The molecule has 0 saturated carbocycles. The molecule has 1 N–H and O–H groups in total. The Morgan fingerprint density at radius 1 is 1.00 bits per heavy atom. The molecule has 8 nitrogen and oxygen atoms in total. The number of anilines is 1. The highest BCUT2D eigenvalue weighted by molar-refractivity contribution is 7.89. The molecule has 2 fully saturated rings. The Bertz CT molecular complexity index is 1180. The van der Waals surface area contributed by atoms with Crippen molar-refractivity contribution in [1.29, 1.82) is 0 Å². The van der Waals surface area contributed by atoms with Gasteiger partial charge in [-0.2, -0.15) is 4.31 Å². The summed E-state index contributed by atoms with van der Waals surface area (Å²) in [5.74, 6) is -0.461. The van der Waals surface area contributed by atoms with Gasteiger partial charge in [-0.25, -0.2) is 8.42 Å². The molecule has 35 heavy (non-hydrogen) atoms. The zero-order valence-electron chi connectivity index (χ0n) is 19.9. The number of piperidine rings is 1. The minimum atomic E-state index is -3.67. The second-order valence-corrected chi connectivity index (χ2v) is 10.7. The van der Waals surface area contributed by atoms with Gasteiger partial charge in [0.1, 0.15) is 0 Å². The van der Waals surface area contributed by atoms with Crippen LogP contribution >= 0.6 is 0 Å². The van der Waals surface area contributed by atoms with Crippen molar-refractivity contribution >= 4 is 33.6 Å². The number of morpholine rings is 1. The van der Waals surface area contributed by atoms with Gasteiger partial charge in [-0.3, -0.25) is 9.59 Å². The number of carbonyl (C=O) groups is 2. The number of ether oxygens (including phenoxy) is 1. The van der Waals surface area contributed by atoms with E-state index >= 15 is 0 Å². The number of hydrogen-bond donors (Lipinski definition) is 1. The summed E-state index contributed by atoms with van der Waals surface area (Å²) in [6, 6.07) is 14.6. The number of carbonyl (C=O) groups excluding carboxylic acids is 2. The third kappa shape index (κ3) is 6.17. The third-order valence-electron chi connectivity index (χ3n) is 6.44. The van der Waals surface area contributed by atoms with Crippen LogP contribution in [0, 0.1) is 12.8 Å². The molecule has 2 heterocycles. The molecular formula is C26H31N3O5S. The van der Waals surface area contributed by atoms with Gasteiger partial charge in [0, 0.05) is 43.9 Å². The van der Waals surface area contributed by atoms with E-state index in [1.54, 1.807) is 36.1 Å². The number of rotatable bonds is 6. The van der Waals surface area contributed by atoms with Crippen molar-refractivity contribution in [3.63, 3.8) is 0 Å². The standard InChI is InChI=1S/C26H31N3O5S/c1-20-7-9-23(19-24(20)35(32,33)29-15-17-34-18-16-29)27-26(31)22-11-13-28(14-12-22)25(30)10-8-21-5-3-2-4-6-21/h2-10,19,22H,11-18H2,1H3,(H,27,31). The van der Waals surface area contributed by atoms with Crippen LogP contribution in [-0.4, -0.2) is 68.8 Å². The first-order valence-electron chi connectivity index (χ1n) is 11.9. The lowest BCUT2D eigenvalue weighted by atomic mass is 9.95. The Kier molecular flexibility index (Phi) is 8.00. The van der Waals surface area contributed by atoms with Crippen LogP contribution in [0.15, 0.2) is 59.5 Å². The van der Waals surface area contributed by atoms with E-state index in [0.29, 0.717) is 63.5 Å². The molecule has 0 spiro atoms. The third-order valence-corrected chi connectivity index (χ3v) is 8.48. The highest BCUT2D eigenvalue weighted by Gasteiger charge is 2.29. The molecule has 4 rings (SSSR count). The van der Waals surface area contributed by atoms with E-state index in [-0.39, 0.29) is 22.6 Å². The van der Waals surface area contributed by atoms with Gasteiger partial charge in [0.15, 0.2) is 0 Å². The largest absolute Gasteiger partial charge is 0.379 e. The second kappa shape index (κ2) is 11.2. The molecule has 9 heteroatoms. The van der Waals surface area contributed by atoms with Gasteiger partial charge in [-0.05, 0) is 49.1 Å². The number of hydrogen-bond acceptors (Lipinski definition) is 5. The average Bonchev–Trinajstić information content (AvgIpc) is 2.89. The van der Waals surface area contributed by atoms with Crippen LogP contribution < -0.4 is 5.32 Å². The molecule has 0 aromatic heterocycles. The zero-order valence-corrected chi connectivity index (χ0v) is 20.7. The Morgan fingerprint density at radius 2 is 1.69 bits per heavy atom. The van der Waals surface area contributed by atoms with E-state index in [4.69, 9.17) is 4.74 Å². The molecule has 2 aliphatic rings. The second-order valence-electron chi connectivity index (χ2n) is 8.83. The van der Waals surface area contributed by atoms with Crippen molar-refractivity contribution in [1.82, 2.24) is 9.21 Å². The molecule has 0 aliphatic carbocycles. The Labute approximate surface area is 206 Å². The quantitative estimate of drug-likeness (QED) is 0.619. The summed E-state index contributed by atoms with van der Waals surface area (Å²) in [5.41, 5.74) is 2.05. The summed E-state index contributed by atoms with van der Waals surface area (Å²) >= 11 is 0. The molecular weight excluding hydrogens is 466 g/mol. The van der Waals surface area contributed by atoms with Crippen molar-refractivity contribution in [2.45, 2.75) is 24.7 Å². The SMILES string of the molecule is Cc1ccc(NC(=O)C2CCN(C(=O)C=Cc3ccccc3)CC2)cc1S(=O)(=O)N1CCOCC1. The summed E-state index contributed by atoms with van der Waals surface area (Å²) < 4.78 is 32.9. The minimum Gasteiger partial charge on any atom is -0.379 e. The maximum absolute atomic E-state index is 13.1. The molecule has 0 radical (unpaired) electrons. The summed E-state index contributed by atoms with van der Waals surface area (Å²) in [6.07, 6.45) is 4.47. The van der Waals surface area contributed by atoms with Crippen molar-refractivity contribution < 1.29 is 22.7 Å². The smallest absolute Gasteiger partial charge is 0.246 e. The van der Waals surface area contributed by atoms with Crippen LogP contribution in [0.3, 0.4) is 0 Å². The minimum absolute atomic E-state index is 0.0655. The molecule has 2 amide bonds. The van der Waals surface area contributed by atoms with E-state index in [1.807, 2.05) is 30.3 Å². The van der Waals surface area contributed by atoms with E-state index in [1.165, 1.54) is 10.4 Å². The number of benzene rings is 2. The van der Waals surface area contributed by atoms with Gasteiger partial charge in [0.2, 0.25) is 21.8 Å². The lowest BCUT2D eigenvalue weighted by Gasteiger charge is -2.30. The first-order valence-corrected chi connectivity index (χ1v) is 13.3. The Morgan fingerprint density at radius 3 is 2.37 bits per heavy atom. The molecule has 2 saturated heterocycles. The Hall–Kier alpha value is -3.01. The maximum Gasteiger partial charge on any atom is 0.246 e. The molecule has 2 aromatic rings. The van der Waals surface area contributed by atoms with E-state index in [0.717, 1.165) is 5.56 Å². The number of nitrogens with one attached hydrogen (secondary N) is 1. The van der Waals surface area contributed by atoms with Crippen LogP contribution in [0.5, 0.6) is 0 Å². The number of aryl methyl sites for hydroxylation is 1. The van der Waals surface area contributed by atoms with Crippen molar-refractivity contribution in [3.05, 3.63) is 65.7 Å². The van der Waals surface area contributed by atoms with E-state index in [2.05, 4.69) is 5.32 Å². The number of sulfonamides is 1. The van der Waals surface area contributed by atoms with Gasteiger partial charge >= 0.3 is 0 Å². The number of likely N-dealkylation sites (tertiary alicyclic amines) is 1. The number of amides is 2. The first kappa shape index (κ1) is 25.1. The summed E-state index contributed by atoms with van der Waals surface area (Å²) in [4.78, 5) is 27.3. The van der Waals surface area contributed by atoms with Gasteiger partial charge in [0.25, 0.3) is 0 Å². The highest BCUT2D eigenvalue weighted by atomic mass is 32.2. The van der Waals surface area contributed by atoms with Crippen LogP contribution in [0.4, 0.5) is 5.69 Å². The zero-order chi connectivity index (χ0) is 24.8. The fraction of sp³-hybridized carbons (Fsp3) is 0.385. The fourth-order valence-electron chi connectivity index (χ4n) is 4.33. The molecule has 2 aliphatic heterocycles. The predicted octanol–water partition coefficient (Wildman–Crippen LogP) is 2.91. The van der Waals surface area contributed by atoms with E-state index < -0.39 is 10.0 Å². The van der Waals surface area contributed by atoms with Gasteiger partial charge < -0.3 is 15.0 Å².